The van der Waals surface area contributed by atoms with Crippen LogP contribution in [0.2, 0.25) is 0 Å². The lowest BCUT2D eigenvalue weighted by Crippen LogP contribution is -2.41. The summed E-state index contributed by atoms with van der Waals surface area (Å²) in [6.45, 7) is 3.00. The van der Waals surface area contributed by atoms with E-state index in [1.54, 1.807) is 19.1 Å². The Hall–Kier alpha value is -1.46. The van der Waals surface area contributed by atoms with Crippen molar-refractivity contribution in [2.45, 2.75) is 25.5 Å². The molecule has 0 saturated carbocycles. The van der Waals surface area contributed by atoms with E-state index in [2.05, 4.69) is 5.32 Å². The quantitative estimate of drug-likeness (QED) is 0.850. The zero-order chi connectivity index (χ0) is 13.1. The van der Waals surface area contributed by atoms with Gasteiger partial charge in [-0.15, -0.1) is 0 Å². The van der Waals surface area contributed by atoms with Crippen LogP contribution in [-0.2, 0) is 4.79 Å². The van der Waals surface area contributed by atoms with E-state index in [4.69, 9.17) is 0 Å². The van der Waals surface area contributed by atoms with Gasteiger partial charge in [0.2, 0.25) is 5.91 Å². The molecule has 0 radical (unpaired) electrons. The van der Waals surface area contributed by atoms with E-state index in [-0.39, 0.29) is 23.9 Å². The topological polar surface area (TPSA) is 52.6 Å². The summed E-state index contributed by atoms with van der Waals surface area (Å²) < 4.78 is 13.0. The van der Waals surface area contributed by atoms with Crippen LogP contribution in [0.4, 0.5) is 10.1 Å². The molecule has 1 saturated heterocycles. The van der Waals surface area contributed by atoms with Crippen molar-refractivity contribution in [3.05, 3.63) is 30.1 Å². The summed E-state index contributed by atoms with van der Waals surface area (Å²) in [5.74, 6) is -0.563. The maximum Gasteiger partial charge on any atom is 0.241 e. The van der Waals surface area contributed by atoms with Crippen molar-refractivity contribution in [1.82, 2.24) is 4.90 Å². The van der Waals surface area contributed by atoms with Crippen LogP contribution >= 0.6 is 0 Å². The number of hydrogen-bond donors (Lipinski definition) is 2. The lowest BCUT2D eigenvalue weighted by atomic mass is 10.2. The van der Waals surface area contributed by atoms with Gasteiger partial charge in [-0.1, -0.05) is 6.07 Å². The number of nitrogens with zero attached hydrogens (tertiary/aromatic N) is 1. The fraction of sp³-hybridized carbons (Fsp3) is 0.462. The van der Waals surface area contributed by atoms with Gasteiger partial charge in [-0.05, 0) is 31.5 Å². The molecular weight excluding hydrogens is 235 g/mol. The Bertz CT molecular complexity index is 439. The fourth-order valence-corrected chi connectivity index (χ4v) is 2.10. The molecular formula is C13H17FN2O2. The van der Waals surface area contributed by atoms with Crippen LogP contribution in [0.3, 0.4) is 0 Å². The van der Waals surface area contributed by atoms with E-state index >= 15 is 0 Å². The normalized spacial score (nSPS) is 21.8. The van der Waals surface area contributed by atoms with Crippen molar-refractivity contribution in [1.29, 1.82) is 0 Å². The molecule has 1 amide bonds. The van der Waals surface area contributed by atoms with Crippen LogP contribution in [0, 0.1) is 5.82 Å². The number of halogens is 1. The number of benzene rings is 1. The highest BCUT2D eigenvalue weighted by Crippen LogP contribution is 2.15. The fourth-order valence-electron chi connectivity index (χ4n) is 2.10. The summed E-state index contributed by atoms with van der Waals surface area (Å²) in [4.78, 5) is 13.9. The molecule has 0 spiro atoms. The minimum absolute atomic E-state index is 0.185. The van der Waals surface area contributed by atoms with Crippen molar-refractivity contribution in [2.24, 2.45) is 0 Å². The molecule has 1 unspecified atom stereocenters. The number of anilines is 1. The average molecular weight is 252 g/mol. The Morgan fingerprint density at radius 3 is 3.00 bits per heavy atom. The van der Waals surface area contributed by atoms with Crippen molar-refractivity contribution in [3.63, 3.8) is 0 Å². The lowest BCUT2D eigenvalue weighted by Gasteiger charge is -2.22. The van der Waals surface area contributed by atoms with Gasteiger partial charge in [0.05, 0.1) is 12.1 Å². The molecule has 4 nitrogen and oxygen atoms in total. The van der Waals surface area contributed by atoms with E-state index in [0.717, 1.165) is 0 Å². The molecule has 98 valence electrons. The molecule has 0 aromatic heterocycles. The van der Waals surface area contributed by atoms with Crippen molar-refractivity contribution in [3.8, 4) is 0 Å². The van der Waals surface area contributed by atoms with Gasteiger partial charge in [-0.3, -0.25) is 9.69 Å². The second kappa shape index (κ2) is 5.46. The molecule has 0 aliphatic carbocycles. The minimum atomic E-state index is -0.378. The number of carbonyl (C=O) groups is 1. The largest absolute Gasteiger partial charge is 0.392 e. The Morgan fingerprint density at radius 1 is 1.61 bits per heavy atom. The number of aliphatic hydroxyl groups is 1. The SMILES string of the molecule is CC(C(=O)Nc1cccc(F)c1)N1CC[C@H](O)C1. The van der Waals surface area contributed by atoms with Crippen molar-refractivity contribution >= 4 is 11.6 Å². The van der Waals surface area contributed by atoms with Gasteiger partial charge < -0.3 is 10.4 Å². The van der Waals surface area contributed by atoms with E-state index in [0.29, 0.717) is 25.2 Å². The Labute approximate surface area is 105 Å². The van der Waals surface area contributed by atoms with Crippen LogP contribution < -0.4 is 5.32 Å². The number of hydrogen-bond acceptors (Lipinski definition) is 3. The summed E-state index contributed by atoms with van der Waals surface area (Å²) in [6.07, 6.45) is 0.340. The molecule has 2 N–H and O–H groups in total. The first-order valence-corrected chi connectivity index (χ1v) is 6.05. The highest BCUT2D eigenvalue weighted by molar-refractivity contribution is 5.94. The number of β-amino-alcohol motifs (C(OH)–C–C–N with tert-alkyl or cyclic N) is 1. The lowest BCUT2D eigenvalue weighted by molar-refractivity contribution is -0.120. The first-order chi connectivity index (χ1) is 8.56. The monoisotopic (exact) mass is 252 g/mol. The van der Waals surface area contributed by atoms with E-state index in [1.807, 2.05) is 4.90 Å². The molecule has 1 aliphatic rings. The molecule has 1 aromatic carbocycles. The number of carbonyl (C=O) groups excluding carboxylic acids is 1. The minimum Gasteiger partial charge on any atom is -0.392 e. The Kier molecular flexibility index (Phi) is 3.93. The van der Waals surface area contributed by atoms with Crippen molar-refractivity contribution < 1.29 is 14.3 Å². The van der Waals surface area contributed by atoms with Crippen LogP contribution in [0.15, 0.2) is 24.3 Å². The van der Waals surface area contributed by atoms with Crippen LogP contribution in [0.1, 0.15) is 13.3 Å². The third-order valence-electron chi connectivity index (χ3n) is 3.21. The highest BCUT2D eigenvalue weighted by atomic mass is 19.1. The summed E-state index contributed by atoms with van der Waals surface area (Å²) >= 11 is 0. The average Bonchev–Trinajstić information content (AvgIpc) is 2.75. The predicted molar refractivity (Wildman–Crippen MR) is 66.7 cm³/mol. The Balaban J connectivity index is 1.95. The van der Waals surface area contributed by atoms with Crippen LogP contribution in [0.25, 0.3) is 0 Å². The van der Waals surface area contributed by atoms with E-state index in [9.17, 15) is 14.3 Å². The van der Waals surface area contributed by atoms with Gasteiger partial charge >= 0.3 is 0 Å². The summed E-state index contributed by atoms with van der Waals surface area (Å²) in [5.41, 5.74) is 0.451. The van der Waals surface area contributed by atoms with Gasteiger partial charge in [0.15, 0.2) is 0 Å². The van der Waals surface area contributed by atoms with Gasteiger partial charge in [0.1, 0.15) is 5.82 Å². The zero-order valence-electron chi connectivity index (χ0n) is 10.3. The second-order valence-corrected chi connectivity index (χ2v) is 4.61. The number of amides is 1. The number of rotatable bonds is 3. The van der Waals surface area contributed by atoms with Crippen molar-refractivity contribution in [2.75, 3.05) is 18.4 Å². The standard InChI is InChI=1S/C13H17FN2O2/c1-9(16-6-5-12(17)8-16)13(18)15-11-4-2-3-10(14)7-11/h2-4,7,9,12,17H,5-6,8H2,1H3,(H,15,18)/t9?,12-/m0/s1. The number of nitrogens with one attached hydrogen (secondary N) is 1. The first kappa shape index (κ1) is 13.0. The second-order valence-electron chi connectivity index (χ2n) is 4.61. The molecule has 1 fully saturated rings. The summed E-state index contributed by atoms with van der Waals surface area (Å²) in [5, 5.41) is 12.1. The smallest absolute Gasteiger partial charge is 0.241 e. The highest BCUT2D eigenvalue weighted by Gasteiger charge is 2.28. The number of aliphatic hydroxyl groups excluding tert-OH is 1. The van der Waals surface area contributed by atoms with Gasteiger partial charge in [0, 0.05) is 18.8 Å². The number of likely N-dealkylation sites (tertiary alicyclic amines) is 1. The summed E-state index contributed by atoms with van der Waals surface area (Å²) in [7, 11) is 0. The molecule has 2 rings (SSSR count). The zero-order valence-corrected chi connectivity index (χ0v) is 10.3. The molecule has 18 heavy (non-hydrogen) atoms. The van der Waals surface area contributed by atoms with E-state index in [1.165, 1.54) is 12.1 Å². The van der Waals surface area contributed by atoms with E-state index < -0.39 is 0 Å². The molecule has 2 atom stereocenters. The molecule has 1 heterocycles. The predicted octanol–water partition coefficient (Wildman–Crippen LogP) is 1.22. The molecule has 1 aliphatic heterocycles. The van der Waals surface area contributed by atoms with Crippen LogP contribution in [-0.4, -0.2) is 41.1 Å². The maximum absolute atomic E-state index is 13.0. The van der Waals surface area contributed by atoms with Gasteiger partial charge in [-0.25, -0.2) is 4.39 Å². The summed E-state index contributed by atoms with van der Waals surface area (Å²) in [6, 6.07) is 5.48. The molecule has 1 aromatic rings. The molecule has 0 bridgehead atoms. The maximum atomic E-state index is 13.0. The molecule has 5 heteroatoms. The third kappa shape index (κ3) is 3.05. The third-order valence-corrected chi connectivity index (χ3v) is 3.21. The van der Waals surface area contributed by atoms with Gasteiger partial charge in [0.25, 0.3) is 0 Å². The Morgan fingerprint density at radius 2 is 2.39 bits per heavy atom. The van der Waals surface area contributed by atoms with Gasteiger partial charge in [-0.2, -0.15) is 0 Å². The van der Waals surface area contributed by atoms with Crippen LogP contribution in [0.5, 0.6) is 0 Å². The first-order valence-electron chi connectivity index (χ1n) is 6.05.